The summed E-state index contributed by atoms with van der Waals surface area (Å²) in [5, 5.41) is 10.6. The Morgan fingerprint density at radius 3 is 2.06 bits per heavy atom. The first kappa shape index (κ1) is 12.3. The first-order chi connectivity index (χ1) is 7.57. The van der Waals surface area contributed by atoms with Gasteiger partial charge in [0.25, 0.3) is 0 Å². The molecule has 0 atom stereocenters. The van der Waals surface area contributed by atoms with E-state index in [9.17, 15) is 5.11 Å². The number of nitrogens with zero attached hydrogens (tertiary/aromatic N) is 2. The summed E-state index contributed by atoms with van der Waals surface area (Å²) in [5.74, 6) is 0.754. The highest BCUT2D eigenvalue weighted by Gasteiger charge is 2.34. The van der Waals surface area contributed by atoms with Gasteiger partial charge in [0.1, 0.15) is 0 Å². The SMILES string of the molecule is CN1CCC(CC2(O)CCN(C)CC2)CC1. The monoisotopic (exact) mass is 226 g/mol. The van der Waals surface area contributed by atoms with Crippen molar-refractivity contribution in [1.82, 2.24) is 9.80 Å². The molecule has 0 saturated carbocycles. The van der Waals surface area contributed by atoms with Crippen molar-refractivity contribution < 1.29 is 5.11 Å². The Hall–Kier alpha value is -0.120. The molecule has 2 aliphatic rings. The molecule has 0 radical (unpaired) electrons. The van der Waals surface area contributed by atoms with E-state index in [4.69, 9.17) is 0 Å². The normalized spacial score (nSPS) is 29.4. The predicted molar refractivity (Wildman–Crippen MR) is 66.5 cm³/mol. The molecule has 1 N–H and O–H groups in total. The largest absolute Gasteiger partial charge is 0.390 e. The van der Waals surface area contributed by atoms with Gasteiger partial charge in [-0.1, -0.05) is 0 Å². The highest BCUT2D eigenvalue weighted by atomic mass is 16.3. The number of aliphatic hydroxyl groups is 1. The Balaban J connectivity index is 1.80. The summed E-state index contributed by atoms with van der Waals surface area (Å²) in [6.07, 6.45) is 5.52. The Labute approximate surface area is 99.4 Å². The van der Waals surface area contributed by atoms with Gasteiger partial charge in [-0.2, -0.15) is 0 Å². The minimum absolute atomic E-state index is 0.354. The summed E-state index contributed by atoms with van der Waals surface area (Å²) in [6, 6.07) is 0. The molecule has 3 nitrogen and oxygen atoms in total. The summed E-state index contributed by atoms with van der Waals surface area (Å²) < 4.78 is 0. The zero-order valence-corrected chi connectivity index (χ0v) is 10.8. The van der Waals surface area contributed by atoms with E-state index < -0.39 is 0 Å². The molecule has 0 aromatic rings. The van der Waals surface area contributed by atoms with Crippen LogP contribution < -0.4 is 0 Å². The van der Waals surface area contributed by atoms with E-state index in [1.165, 1.54) is 25.9 Å². The fraction of sp³-hybridized carbons (Fsp3) is 1.00. The third-order valence-corrected chi connectivity index (χ3v) is 4.42. The maximum absolute atomic E-state index is 10.6. The van der Waals surface area contributed by atoms with E-state index in [1.54, 1.807) is 0 Å². The number of piperidine rings is 2. The summed E-state index contributed by atoms with van der Waals surface area (Å²) in [7, 11) is 4.34. The molecule has 2 saturated heterocycles. The van der Waals surface area contributed by atoms with Crippen LogP contribution in [0.4, 0.5) is 0 Å². The maximum atomic E-state index is 10.6. The second-order valence-electron chi connectivity index (χ2n) is 5.98. The van der Waals surface area contributed by atoms with E-state index in [2.05, 4.69) is 23.9 Å². The predicted octanol–water partition coefficient (Wildman–Crippen LogP) is 1.17. The van der Waals surface area contributed by atoms with Crippen LogP contribution in [0.2, 0.25) is 0 Å². The number of hydrogen-bond acceptors (Lipinski definition) is 3. The van der Waals surface area contributed by atoms with Crippen LogP contribution in [0.3, 0.4) is 0 Å². The lowest BCUT2D eigenvalue weighted by Gasteiger charge is -2.40. The van der Waals surface area contributed by atoms with Gasteiger partial charge in [0.15, 0.2) is 0 Å². The smallest absolute Gasteiger partial charge is 0.0674 e. The van der Waals surface area contributed by atoms with Crippen molar-refractivity contribution in [3.8, 4) is 0 Å². The molecule has 0 amide bonds. The lowest BCUT2D eigenvalue weighted by Crippen LogP contribution is -2.45. The van der Waals surface area contributed by atoms with Gasteiger partial charge in [0.2, 0.25) is 0 Å². The highest BCUT2D eigenvalue weighted by molar-refractivity contribution is 4.88. The Bertz CT molecular complexity index is 216. The first-order valence-electron chi connectivity index (χ1n) is 6.67. The molecule has 3 heteroatoms. The van der Waals surface area contributed by atoms with E-state index in [-0.39, 0.29) is 5.60 Å². The molecule has 0 bridgehead atoms. The fourth-order valence-electron chi connectivity index (χ4n) is 3.04. The van der Waals surface area contributed by atoms with E-state index in [1.807, 2.05) is 0 Å². The van der Waals surface area contributed by atoms with Crippen LogP contribution >= 0.6 is 0 Å². The van der Waals surface area contributed by atoms with Crippen LogP contribution in [0.5, 0.6) is 0 Å². The van der Waals surface area contributed by atoms with Gasteiger partial charge in [-0.05, 0) is 65.2 Å². The highest BCUT2D eigenvalue weighted by Crippen LogP contribution is 2.32. The molecule has 0 aromatic carbocycles. The summed E-state index contributed by atoms with van der Waals surface area (Å²) in [5.41, 5.74) is -0.354. The third-order valence-electron chi connectivity index (χ3n) is 4.42. The molecule has 0 aromatic heterocycles. The van der Waals surface area contributed by atoms with Gasteiger partial charge in [0.05, 0.1) is 5.60 Å². The van der Waals surface area contributed by atoms with Crippen molar-refractivity contribution in [2.45, 2.75) is 37.7 Å². The molecule has 2 fully saturated rings. The van der Waals surface area contributed by atoms with E-state index >= 15 is 0 Å². The second-order valence-corrected chi connectivity index (χ2v) is 5.98. The van der Waals surface area contributed by atoms with Crippen molar-refractivity contribution in [1.29, 1.82) is 0 Å². The number of likely N-dealkylation sites (tertiary alicyclic amines) is 2. The zero-order valence-electron chi connectivity index (χ0n) is 10.8. The topological polar surface area (TPSA) is 26.7 Å². The molecule has 0 spiro atoms. The minimum Gasteiger partial charge on any atom is -0.390 e. The second kappa shape index (κ2) is 5.03. The Kier molecular flexibility index (Phi) is 3.88. The van der Waals surface area contributed by atoms with Crippen molar-refractivity contribution in [2.75, 3.05) is 40.3 Å². The lowest BCUT2D eigenvalue weighted by atomic mass is 9.79. The lowest BCUT2D eigenvalue weighted by molar-refractivity contribution is -0.0398. The van der Waals surface area contributed by atoms with Crippen molar-refractivity contribution in [3.63, 3.8) is 0 Å². The fourth-order valence-corrected chi connectivity index (χ4v) is 3.04. The van der Waals surface area contributed by atoms with Crippen molar-refractivity contribution >= 4 is 0 Å². The first-order valence-corrected chi connectivity index (χ1v) is 6.67. The standard InChI is InChI=1S/C13H26N2O/c1-14-7-3-12(4-8-14)11-13(16)5-9-15(2)10-6-13/h12,16H,3-11H2,1-2H3. The van der Waals surface area contributed by atoms with Gasteiger partial charge in [-0.3, -0.25) is 0 Å². The Morgan fingerprint density at radius 1 is 1.00 bits per heavy atom. The van der Waals surface area contributed by atoms with E-state index in [0.717, 1.165) is 38.3 Å². The average molecular weight is 226 g/mol. The quantitative estimate of drug-likeness (QED) is 0.766. The van der Waals surface area contributed by atoms with Gasteiger partial charge < -0.3 is 14.9 Å². The van der Waals surface area contributed by atoms with Crippen LogP contribution in [0.25, 0.3) is 0 Å². The molecule has 0 unspecified atom stereocenters. The minimum atomic E-state index is -0.354. The van der Waals surface area contributed by atoms with E-state index in [0.29, 0.717) is 0 Å². The zero-order chi connectivity index (χ0) is 11.6. The average Bonchev–Trinajstić information content (AvgIpc) is 2.27. The molecular weight excluding hydrogens is 200 g/mol. The Morgan fingerprint density at radius 2 is 1.50 bits per heavy atom. The van der Waals surface area contributed by atoms with Gasteiger partial charge in [0, 0.05) is 13.1 Å². The van der Waals surface area contributed by atoms with Crippen LogP contribution in [-0.2, 0) is 0 Å². The molecular formula is C13H26N2O. The van der Waals surface area contributed by atoms with Crippen LogP contribution in [0.1, 0.15) is 32.1 Å². The van der Waals surface area contributed by atoms with Crippen LogP contribution in [0.15, 0.2) is 0 Å². The van der Waals surface area contributed by atoms with Gasteiger partial charge >= 0.3 is 0 Å². The van der Waals surface area contributed by atoms with Crippen LogP contribution in [0, 0.1) is 5.92 Å². The molecule has 0 aliphatic carbocycles. The number of rotatable bonds is 2. The third kappa shape index (κ3) is 3.19. The number of hydrogen-bond donors (Lipinski definition) is 1. The summed E-state index contributed by atoms with van der Waals surface area (Å²) in [4.78, 5) is 4.72. The maximum Gasteiger partial charge on any atom is 0.0674 e. The van der Waals surface area contributed by atoms with Gasteiger partial charge in [-0.15, -0.1) is 0 Å². The molecule has 2 aliphatic heterocycles. The summed E-state index contributed by atoms with van der Waals surface area (Å²) >= 11 is 0. The molecule has 16 heavy (non-hydrogen) atoms. The van der Waals surface area contributed by atoms with Crippen molar-refractivity contribution in [2.24, 2.45) is 5.92 Å². The van der Waals surface area contributed by atoms with Crippen LogP contribution in [-0.4, -0.2) is 60.8 Å². The van der Waals surface area contributed by atoms with Crippen molar-refractivity contribution in [3.05, 3.63) is 0 Å². The molecule has 2 heterocycles. The molecule has 2 rings (SSSR count). The molecule has 94 valence electrons. The van der Waals surface area contributed by atoms with Gasteiger partial charge in [-0.25, -0.2) is 0 Å². The summed E-state index contributed by atoms with van der Waals surface area (Å²) in [6.45, 7) is 4.54.